The fourth-order valence-electron chi connectivity index (χ4n) is 4.64. The van der Waals surface area contributed by atoms with E-state index in [9.17, 15) is 9.59 Å². The first-order valence-corrected chi connectivity index (χ1v) is 12.5. The summed E-state index contributed by atoms with van der Waals surface area (Å²) >= 11 is 13.0. The van der Waals surface area contributed by atoms with E-state index in [1.807, 2.05) is 17.0 Å². The van der Waals surface area contributed by atoms with Crippen molar-refractivity contribution in [1.29, 1.82) is 0 Å². The van der Waals surface area contributed by atoms with Crippen molar-refractivity contribution in [2.45, 2.75) is 37.8 Å². The van der Waals surface area contributed by atoms with Crippen molar-refractivity contribution in [2.24, 2.45) is 13.0 Å². The summed E-state index contributed by atoms with van der Waals surface area (Å²) in [5.74, 6) is -0.131. The number of nitrogens with zero attached hydrogens (tertiary/aromatic N) is 2. The lowest BCUT2D eigenvalue weighted by atomic mass is 9.80. The Hall–Kier alpha value is -2.06. The summed E-state index contributed by atoms with van der Waals surface area (Å²) in [6.45, 7) is 3.03. The number of carbonyl (C=O) groups is 1. The molecule has 2 aliphatic rings. The van der Waals surface area contributed by atoms with E-state index in [0.29, 0.717) is 36.3 Å². The van der Waals surface area contributed by atoms with Crippen LogP contribution in [0.1, 0.15) is 36.3 Å². The monoisotopic (exact) mass is 506 g/mol. The summed E-state index contributed by atoms with van der Waals surface area (Å²) in [6, 6.07) is 7.60. The largest absolute Gasteiger partial charge is 0.383 e. The third kappa shape index (κ3) is 5.77. The van der Waals surface area contributed by atoms with Gasteiger partial charge in [0.25, 0.3) is 5.56 Å². The molecular weight excluding hydrogens is 475 g/mol. The lowest BCUT2D eigenvalue weighted by Gasteiger charge is -2.36. The minimum Gasteiger partial charge on any atom is -0.383 e. The van der Waals surface area contributed by atoms with E-state index in [1.54, 1.807) is 37.1 Å². The van der Waals surface area contributed by atoms with Crippen molar-refractivity contribution in [1.82, 2.24) is 14.8 Å². The Morgan fingerprint density at radius 3 is 2.76 bits per heavy atom. The maximum Gasteiger partial charge on any atom is 0.250 e. The molecule has 1 saturated carbocycles. The molecule has 2 heterocycles. The lowest BCUT2D eigenvalue weighted by molar-refractivity contribution is -0.138. The number of aryl methyl sites for hydroxylation is 1. The third-order valence-electron chi connectivity index (χ3n) is 6.71. The number of piperidine rings is 1. The van der Waals surface area contributed by atoms with Gasteiger partial charge in [0.05, 0.1) is 22.6 Å². The standard InChI is InChI=1S/C25H32Cl2N4O3/c1-30-9-6-16(12-23(30)32)20-5-7-28-14-21(20)25(33)31(19-3-4-19)15-17-11-18(29-8-10-34-2)13-22(26)24(17)27/h6,9,11-13,19-21,28-29H,3-5,7-8,10,14-15H2,1-2H3/t20-,21+/m1/s1. The van der Waals surface area contributed by atoms with E-state index in [4.69, 9.17) is 27.9 Å². The van der Waals surface area contributed by atoms with Crippen molar-refractivity contribution in [3.63, 3.8) is 0 Å². The number of aromatic nitrogens is 1. The van der Waals surface area contributed by atoms with Crippen LogP contribution < -0.4 is 16.2 Å². The number of rotatable bonds is 9. The zero-order valence-electron chi connectivity index (χ0n) is 19.7. The van der Waals surface area contributed by atoms with Crippen LogP contribution in [0.2, 0.25) is 10.0 Å². The predicted octanol–water partition coefficient (Wildman–Crippen LogP) is 3.63. The van der Waals surface area contributed by atoms with Gasteiger partial charge in [-0.25, -0.2) is 0 Å². The van der Waals surface area contributed by atoms with E-state index in [1.165, 1.54) is 0 Å². The number of carbonyl (C=O) groups excluding carboxylic acids is 1. The number of hydrogen-bond acceptors (Lipinski definition) is 5. The van der Waals surface area contributed by atoms with Gasteiger partial charge in [-0.2, -0.15) is 0 Å². The van der Waals surface area contributed by atoms with Crippen molar-refractivity contribution >= 4 is 34.8 Å². The van der Waals surface area contributed by atoms with Gasteiger partial charge in [0.15, 0.2) is 0 Å². The lowest BCUT2D eigenvalue weighted by Crippen LogP contribution is -2.47. The normalized spacial score (nSPS) is 20.2. The molecule has 2 atom stereocenters. The molecule has 1 aromatic heterocycles. The molecule has 1 aliphatic carbocycles. The molecule has 0 bridgehead atoms. The van der Waals surface area contributed by atoms with Crippen LogP contribution in [-0.2, 0) is 23.1 Å². The Balaban J connectivity index is 1.58. The third-order valence-corrected chi connectivity index (χ3v) is 7.55. The van der Waals surface area contributed by atoms with Crippen LogP contribution in [0.5, 0.6) is 0 Å². The topological polar surface area (TPSA) is 75.6 Å². The van der Waals surface area contributed by atoms with Gasteiger partial charge in [-0.05, 0) is 61.1 Å². The molecule has 1 aliphatic heterocycles. The van der Waals surface area contributed by atoms with Gasteiger partial charge in [-0.3, -0.25) is 9.59 Å². The Labute approximate surface area is 210 Å². The highest BCUT2D eigenvalue weighted by Gasteiger charge is 2.40. The summed E-state index contributed by atoms with van der Waals surface area (Å²) in [6.07, 6.45) is 4.57. The number of nitrogens with one attached hydrogen (secondary N) is 2. The molecular formula is C25H32Cl2N4O3. The zero-order chi connectivity index (χ0) is 24.2. The first kappa shape index (κ1) is 25.0. The van der Waals surface area contributed by atoms with E-state index >= 15 is 0 Å². The maximum absolute atomic E-state index is 13.9. The Morgan fingerprint density at radius 2 is 2.06 bits per heavy atom. The highest BCUT2D eigenvalue weighted by atomic mass is 35.5. The number of halogens is 2. The number of ether oxygens (including phenoxy) is 1. The second-order valence-corrected chi connectivity index (χ2v) is 9.95. The number of methoxy groups -OCH3 is 1. The van der Waals surface area contributed by atoms with Crippen LogP contribution in [0.25, 0.3) is 0 Å². The molecule has 4 rings (SSSR count). The van der Waals surface area contributed by atoms with Crippen LogP contribution >= 0.6 is 23.2 Å². The van der Waals surface area contributed by atoms with Crippen molar-refractivity contribution < 1.29 is 9.53 Å². The van der Waals surface area contributed by atoms with Crippen LogP contribution in [0.3, 0.4) is 0 Å². The van der Waals surface area contributed by atoms with Crippen LogP contribution in [0, 0.1) is 5.92 Å². The molecule has 0 spiro atoms. The second-order valence-electron chi connectivity index (χ2n) is 9.16. The molecule has 1 aromatic carbocycles. The van der Waals surface area contributed by atoms with Crippen molar-refractivity contribution in [3.8, 4) is 0 Å². The van der Waals surface area contributed by atoms with E-state index in [0.717, 1.165) is 42.6 Å². The number of amides is 1. The number of pyridine rings is 1. The smallest absolute Gasteiger partial charge is 0.250 e. The van der Waals surface area contributed by atoms with Crippen molar-refractivity contribution in [3.05, 3.63) is 62.0 Å². The molecule has 2 aromatic rings. The Bertz CT molecular complexity index is 1090. The average Bonchev–Trinajstić information content (AvgIpc) is 3.67. The fourth-order valence-corrected chi connectivity index (χ4v) is 5.05. The predicted molar refractivity (Wildman–Crippen MR) is 136 cm³/mol. The second kappa shape index (κ2) is 11.1. The van der Waals surface area contributed by atoms with Crippen LogP contribution in [0.4, 0.5) is 5.69 Å². The minimum atomic E-state index is -0.237. The van der Waals surface area contributed by atoms with Gasteiger partial charge >= 0.3 is 0 Å². The fraction of sp³-hybridized carbons (Fsp3) is 0.520. The average molecular weight is 507 g/mol. The summed E-state index contributed by atoms with van der Waals surface area (Å²) in [5, 5.41) is 7.60. The molecule has 0 radical (unpaired) electrons. The summed E-state index contributed by atoms with van der Waals surface area (Å²) in [4.78, 5) is 28.1. The van der Waals surface area contributed by atoms with E-state index < -0.39 is 0 Å². The van der Waals surface area contributed by atoms with Gasteiger partial charge < -0.3 is 24.8 Å². The molecule has 2 N–H and O–H groups in total. The quantitative estimate of drug-likeness (QED) is 0.507. The van der Waals surface area contributed by atoms with Crippen LogP contribution in [0.15, 0.2) is 35.3 Å². The van der Waals surface area contributed by atoms with Crippen LogP contribution in [-0.4, -0.2) is 54.8 Å². The van der Waals surface area contributed by atoms with Gasteiger partial charge in [0.2, 0.25) is 5.91 Å². The number of benzene rings is 1. The maximum atomic E-state index is 13.9. The van der Waals surface area contributed by atoms with E-state index in [-0.39, 0.29) is 29.3 Å². The molecule has 7 nitrogen and oxygen atoms in total. The molecule has 2 fully saturated rings. The van der Waals surface area contributed by atoms with Gasteiger partial charge in [0, 0.05) is 57.8 Å². The van der Waals surface area contributed by atoms with Gasteiger partial charge in [0.1, 0.15) is 0 Å². The highest BCUT2D eigenvalue weighted by Crippen LogP contribution is 2.38. The SMILES string of the molecule is COCCNc1cc(Cl)c(Cl)c(CN(C(=O)[C@H]2CNCC[C@@H]2c2ccn(C)c(=O)c2)C2CC2)c1. The summed E-state index contributed by atoms with van der Waals surface area (Å²) in [7, 11) is 3.39. The van der Waals surface area contributed by atoms with Gasteiger partial charge in [-0.15, -0.1) is 0 Å². The molecule has 1 amide bonds. The van der Waals surface area contributed by atoms with Crippen molar-refractivity contribution in [2.75, 3.05) is 38.7 Å². The van der Waals surface area contributed by atoms with Gasteiger partial charge in [-0.1, -0.05) is 23.2 Å². The Kier molecular flexibility index (Phi) is 8.19. The highest BCUT2D eigenvalue weighted by molar-refractivity contribution is 6.42. The first-order valence-electron chi connectivity index (χ1n) is 11.8. The number of hydrogen-bond donors (Lipinski definition) is 2. The summed E-state index contributed by atoms with van der Waals surface area (Å²) < 4.78 is 6.66. The molecule has 184 valence electrons. The molecule has 1 saturated heterocycles. The molecule has 9 heteroatoms. The zero-order valence-corrected chi connectivity index (χ0v) is 21.2. The van der Waals surface area contributed by atoms with E-state index in [2.05, 4.69) is 10.6 Å². The Morgan fingerprint density at radius 1 is 1.26 bits per heavy atom. The minimum absolute atomic E-state index is 0.00463. The molecule has 0 unspecified atom stereocenters. The number of anilines is 1. The molecule has 34 heavy (non-hydrogen) atoms. The first-order chi connectivity index (χ1) is 16.4. The summed E-state index contributed by atoms with van der Waals surface area (Å²) in [5.41, 5.74) is 2.55.